The number of benzene rings is 1. The SMILES string of the molecule is C[C@@H](C(=O)O)N1CC[C@H](COCc2ccccc2)C1. The van der Waals surface area contributed by atoms with E-state index in [0.717, 1.165) is 19.5 Å². The van der Waals surface area contributed by atoms with Crippen LogP contribution in [0, 0.1) is 5.92 Å². The fourth-order valence-electron chi connectivity index (χ4n) is 2.42. The van der Waals surface area contributed by atoms with Gasteiger partial charge in [0.05, 0.1) is 13.2 Å². The Balaban J connectivity index is 1.70. The van der Waals surface area contributed by atoms with E-state index in [1.807, 2.05) is 35.2 Å². The van der Waals surface area contributed by atoms with E-state index in [-0.39, 0.29) is 6.04 Å². The molecule has 0 bridgehead atoms. The highest BCUT2D eigenvalue weighted by Gasteiger charge is 2.29. The van der Waals surface area contributed by atoms with E-state index in [1.165, 1.54) is 5.56 Å². The topological polar surface area (TPSA) is 49.8 Å². The lowest BCUT2D eigenvalue weighted by molar-refractivity contribution is -0.142. The van der Waals surface area contributed by atoms with Crippen LogP contribution in [0.1, 0.15) is 18.9 Å². The van der Waals surface area contributed by atoms with E-state index in [1.54, 1.807) is 6.92 Å². The second kappa shape index (κ2) is 6.68. The number of carboxylic acids is 1. The van der Waals surface area contributed by atoms with Gasteiger partial charge in [-0.3, -0.25) is 9.69 Å². The summed E-state index contributed by atoms with van der Waals surface area (Å²) in [6.45, 7) is 4.76. The van der Waals surface area contributed by atoms with Crippen molar-refractivity contribution in [3.63, 3.8) is 0 Å². The van der Waals surface area contributed by atoms with Crippen LogP contribution >= 0.6 is 0 Å². The number of nitrogens with zero attached hydrogens (tertiary/aromatic N) is 1. The normalized spacial score (nSPS) is 21.4. The van der Waals surface area contributed by atoms with Gasteiger partial charge in [-0.25, -0.2) is 0 Å². The third-order valence-corrected chi connectivity index (χ3v) is 3.69. The van der Waals surface area contributed by atoms with Gasteiger partial charge in [0.1, 0.15) is 6.04 Å². The van der Waals surface area contributed by atoms with Crippen LogP contribution in [0.25, 0.3) is 0 Å². The summed E-state index contributed by atoms with van der Waals surface area (Å²) in [7, 11) is 0. The number of ether oxygens (including phenoxy) is 1. The number of likely N-dealkylation sites (tertiary alicyclic amines) is 1. The number of aliphatic carboxylic acids is 1. The molecule has 0 spiro atoms. The van der Waals surface area contributed by atoms with Gasteiger partial charge in [0.2, 0.25) is 0 Å². The first-order valence-corrected chi connectivity index (χ1v) is 6.75. The van der Waals surface area contributed by atoms with Crippen molar-refractivity contribution >= 4 is 5.97 Å². The summed E-state index contributed by atoms with van der Waals surface area (Å²) < 4.78 is 5.72. The Hall–Kier alpha value is -1.39. The predicted octanol–water partition coefficient (Wildman–Crippen LogP) is 2.00. The van der Waals surface area contributed by atoms with Crippen molar-refractivity contribution in [1.82, 2.24) is 4.90 Å². The molecule has 2 atom stereocenters. The Kier molecular flexibility index (Phi) is 4.93. The van der Waals surface area contributed by atoms with Crippen LogP contribution in [0.4, 0.5) is 0 Å². The van der Waals surface area contributed by atoms with Crippen molar-refractivity contribution in [3.8, 4) is 0 Å². The average Bonchev–Trinajstić information content (AvgIpc) is 2.88. The fraction of sp³-hybridized carbons (Fsp3) is 0.533. The van der Waals surface area contributed by atoms with E-state index >= 15 is 0 Å². The molecular formula is C15H21NO3. The minimum Gasteiger partial charge on any atom is -0.480 e. The first-order chi connectivity index (χ1) is 9.16. The molecule has 19 heavy (non-hydrogen) atoms. The average molecular weight is 263 g/mol. The molecule has 2 rings (SSSR count). The van der Waals surface area contributed by atoms with Gasteiger partial charge in [-0.1, -0.05) is 30.3 Å². The minimum absolute atomic E-state index is 0.390. The van der Waals surface area contributed by atoms with Crippen LogP contribution < -0.4 is 0 Å². The highest BCUT2D eigenvalue weighted by Crippen LogP contribution is 2.19. The van der Waals surface area contributed by atoms with Gasteiger partial charge in [0.15, 0.2) is 0 Å². The Morgan fingerprint density at radius 1 is 1.47 bits per heavy atom. The Morgan fingerprint density at radius 3 is 2.89 bits per heavy atom. The molecule has 1 N–H and O–H groups in total. The number of rotatable bonds is 6. The number of hydrogen-bond donors (Lipinski definition) is 1. The van der Waals surface area contributed by atoms with E-state index in [9.17, 15) is 4.79 Å². The maximum absolute atomic E-state index is 10.9. The quantitative estimate of drug-likeness (QED) is 0.853. The van der Waals surface area contributed by atoms with Crippen LogP contribution in [0.2, 0.25) is 0 Å². The number of hydrogen-bond acceptors (Lipinski definition) is 3. The molecule has 0 amide bonds. The highest BCUT2D eigenvalue weighted by molar-refractivity contribution is 5.72. The van der Waals surface area contributed by atoms with E-state index in [2.05, 4.69) is 0 Å². The van der Waals surface area contributed by atoms with Crippen LogP contribution in [0.3, 0.4) is 0 Å². The van der Waals surface area contributed by atoms with Crippen molar-refractivity contribution in [2.24, 2.45) is 5.92 Å². The second-order valence-corrected chi connectivity index (χ2v) is 5.16. The maximum atomic E-state index is 10.9. The molecule has 1 aliphatic rings. The zero-order valence-corrected chi connectivity index (χ0v) is 11.3. The standard InChI is InChI=1S/C15H21NO3/c1-12(15(17)18)16-8-7-14(9-16)11-19-10-13-5-3-2-4-6-13/h2-6,12,14H,7-11H2,1H3,(H,17,18)/t12-,14-/m0/s1. The van der Waals surface area contributed by atoms with Crippen molar-refractivity contribution < 1.29 is 14.6 Å². The monoisotopic (exact) mass is 263 g/mol. The molecule has 1 heterocycles. The molecule has 4 nitrogen and oxygen atoms in total. The summed E-state index contributed by atoms with van der Waals surface area (Å²) in [6.07, 6.45) is 1.02. The van der Waals surface area contributed by atoms with Gasteiger partial charge < -0.3 is 9.84 Å². The summed E-state index contributed by atoms with van der Waals surface area (Å²) in [5.74, 6) is -0.295. The minimum atomic E-state index is -0.745. The van der Waals surface area contributed by atoms with Gasteiger partial charge in [-0.2, -0.15) is 0 Å². The maximum Gasteiger partial charge on any atom is 0.320 e. The van der Waals surface area contributed by atoms with Crippen molar-refractivity contribution in [2.75, 3.05) is 19.7 Å². The predicted molar refractivity (Wildman–Crippen MR) is 72.9 cm³/mol. The lowest BCUT2D eigenvalue weighted by Gasteiger charge is -2.20. The molecule has 1 saturated heterocycles. The molecule has 1 aliphatic heterocycles. The molecule has 0 aliphatic carbocycles. The largest absolute Gasteiger partial charge is 0.480 e. The molecule has 4 heteroatoms. The first-order valence-electron chi connectivity index (χ1n) is 6.75. The van der Waals surface area contributed by atoms with Crippen molar-refractivity contribution in [1.29, 1.82) is 0 Å². The summed E-state index contributed by atoms with van der Waals surface area (Å²) >= 11 is 0. The summed E-state index contributed by atoms with van der Waals surface area (Å²) in [4.78, 5) is 12.9. The van der Waals surface area contributed by atoms with Gasteiger partial charge in [-0.15, -0.1) is 0 Å². The van der Waals surface area contributed by atoms with Crippen LogP contribution in [0.5, 0.6) is 0 Å². The van der Waals surface area contributed by atoms with Gasteiger partial charge in [0.25, 0.3) is 0 Å². The van der Waals surface area contributed by atoms with E-state index in [4.69, 9.17) is 9.84 Å². The smallest absolute Gasteiger partial charge is 0.320 e. The molecule has 104 valence electrons. The van der Waals surface area contributed by atoms with Crippen molar-refractivity contribution in [2.45, 2.75) is 26.0 Å². The molecule has 1 aromatic rings. The molecule has 1 fully saturated rings. The van der Waals surface area contributed by atoms with Gasteiger partial charge in [-0.05, 0) is 31.4 Å². The van der Waals surface area contributed by atoms with Crippen LogP contribution in [-0.4, -0.2) is 41.7 Å². The zero-order chi connectivity index (χ0) is 13.7. The fourth-order valence-corrected chi connectivity index (χ4v) is 2.42. The molecule has 0 radical (unpaired) electrons. The van der Waals surface area contributed by atoms with Gasteiger partial charge >= 0.3 is 5.97 Å². The Bertz CT molecular complexity index is 407. The Labute approximate surface area is 114 Å². The third-order valence-electron chi connectivity index (χ3n) is 3.69. The number of carbonyl (C=O) groups is 1. The molecule has 1 aromatic carbocycles. The summed E-state index contributed by atoms with van der Waals surface area (Å²) in [6, 6.07) is 9.71. The third kappa shape index (κ3) is 4.04. The van der Waals surface area contributed by atoms with E-state index in [0.29, 0.717) is 19.1 Å². The second-order valence-electron chi connectivity index (χ2n) is 5.16. The highest BCUT2D eigenvalue weighted by atomic mass is 16.5. The summed E-state index contributed by atoms with van der Waals surface area (Å²) in [5.41, 5.74) is 1.18. The lowest BCUT2D eigenvalue weighted by Crippen LogP contribution is -2.37. The summed E-state index contributed by atoms with van der Waals surface area (Å²) in [5, 5.41) is 8.98. The molecular weight excluding hydrogens is 242 g/mol. The van der Waals surface area contributed by atoms with Crippen LogP contribution in [-0.2, 0) is 16.1 Å². The number of carboxylic acid groups (broad SMARTS) is 1. The molecule has 0 saturated carbocycles. The molecule has 0 unspecified atom stereocenters. The van der Waals surface area contributed by atoms with Crippen LogP contribution in [0.15, 0.2) is 30.3 Å². The zero-order valence-electron chi connectivity index (χ0n) is 11.3. The van der Waals surface area contributed by atoms with Gasteiger partial charge in [0, 0.05) is 6.54 Å². The Morgan fingerprint density at radius 2 is 2.21 bits per heavy atom. The molecule has 0 aromatic heterocycles. The lowest BCUT2D eigenvalue weighted by atomic mass is 10.1. The van der Waals surface area contributed by atoms with Crippen molar-refractivity contribution in [3.05, 3.63) is 35.9 Å². The van der Waals surface area contributed by atoms with E-state index < -0.39 is 5.97 Å². The first kappa shape index (κ1) is 14.0.